The molecule has 0 spiro atoms. The van der Waals surface area contributed by atoms with Crippen molar-refractivity contribution in [3.63, 3.8) is 0 Å². The lowest BCUT2D eigenvalue weighted by molar-refractivity contribution is 0.312. The molecular weight excluding hydrogens is 244 g/mol. The number of nitrogens with one attached hydrogen (secondary N) is 1. The molecule has 7 heteroatoms. The second-order valence-corrected chi connectivity index (χ2v) is 3.72. The van der Waals surface area contributed by atoms with Crippen LogP contribution >= 0.6 is 0 Å². The van der Waals surface area contributed by atoms with E-state index in [9.17, 15) is 0 Å². The first kappa shape index (κ1) is 13.1. The van der Waals surface area contributed by atoms with Gasteiger partial charge in [0, 0.05) is 18.9 Å². The van der Waals surface area contributed by atoms with Crippen LogP contribution in [-0.4, -0.2) is 38.1 Å². The fourth-order valence-corrected chi connectivity index (χ4v) is 1.40. The van der Waals surface area contributed by atoms with E-state index in [1.165, 1.54) is 0 Å². The lowest BCUT2D eigenvalue weighted by Gasteiger charge is -2.07. The number of ether oxygens (including phenoxy) is 1. The van der Waals surface area contributed by atoms with Crippen LogP contribution in [0.5, 0.6) is 6.01 Å². The van der Waals surface area contributed by atoms with Crippen molar-refractivity contribution in [2.45, 2.75) is 20.3 Å². The van der Waals surface area contributed by atoms with E-state index in [1.54, 1.807) is 18.6 Å². The van der Waals surface area contributed by atoms with Gasteiger partial charge in [0.2, 0.25) is 5.95 Å². The van der Waals surface area contributed by atoms with Crippen molar-refractivity contribution in [1.29, 1.82) is 0 Å². The summed E-state index contributed by atoms with van der Waals surface area (Å²) in [6, 6.07) is 0.289. The minimum atomic E-state index is 0.289. The van der Waals surface area contributed by atoms with Gasteiger partial charge in [0.1, 0.15) is 5.69 Å². The monoisotopic (exact) mass is 260 g/mol. The van der Waals surface area contributed by atoms with E-state index < -0.39 is 0 Å². The zero-order valence-corrected chi connectivity index (χ0v) is 11.0. The van der Waals surface area contributed by atoms with Crippen LogP contribution in [-0.2, 0) is 0 Å². The highest BCUT2D eigenvalue weighted by Gasteiger charge is 2.10. The summed E-state index contributed by atoms with van der Waals surface area (Å²) in [5.74, 6) is 0.936. The molecule has 19 heavy (non-hydrogen) atoms. The maximum atomic E-state index is 5.34. The van der Waals surface area contributed by atoms with Crippen LogP contribution in [0.2, 0.25) is 0 Å². The quantitative estimate of drug-likeness (QED) is 0.843. The fourth-order valence-electron chi connectivity index (χ4n) is 1.40. The minimum Gasteiger partial charge on any atom is -0.464 e. The van der Waals surface area contributed by atoms with Crippen molar-refractivity contribution in [3.05, 3.63) is 18.6 Å². The molecule has 0 unspecified atom stereocenters. The molecule has 2 aromatic rings. The van der Waals surface area contributed by atoms with Crippen LogP contribution < -0.4 is 10.1 Å². The lowest BCUT2D eigenvalue weighted by atomic mass is 10.4. The summed E-state index contributed by atoms with van der Waals surface area (Å²) < 4.78 is 5.34. The summed E-state index contributed by atoms with van der Waals surface area (Å²) in [5.41, 5.74) is 0.588. The van der Waals surface area contributed by atoms with E-state index in [0.717, 1.165) is 13.0 Å². The minimum absolute atomic E-state index is 0.289. The summed E-state index contributed by atoms with van der Waals surface area (Å²) in [7, 11) is 0. The molecule has 0 saturated heterocycles. The van der Waals surface area contributed by atoms with Gasteiger partial charge in [0.05, 0.1) is 12.8 Å². The zero-order valence-electron chi connectivity index (χ0n) is 11.0. The predicted molar refractivity (Wildman–Crippen MR) is 70.8 cm³/mol. The number of rotatable bonds is 6. The summed E-state index contributed by atoms with van der Waals surface area (Å²) >= 11 is 0. The van der Waals surface area contributed by atoms with Gasteiger partial charge in [-0.3, -0.25) is 4.98 Å². The Hall–Kier alpha value is -2.31. The molecule has 0 aliphatic carbocycles. The predicted octanol–water partition coefficient (Wildman–Crippen LogP) is 1.55. The van der Waals surface area contributed by atoms with Crippen molar-refractivity contribution in [2.75, 3.05) is 18.5 Å². The molecule has 0 aromatic carbocycles. The Morgan fingerprint density at radius 1 is 1.16 bits per heavy atom. The van der Waals surface area contributed by atoms with Crippen molar-refractivity contribution >= 4 is 5.95 Å². The third kappa shape index (κ3) is 3.57. The smallest absolute Gasteiger partial charge is 0.321 e. The van der Waals surface area contributed by atoms with Crippen LogP contribution in [0.25, 0.3) is 11.5 Å². The fraction of sp³-hybridized carbons (Fsp3) is 0.417. The van der Waals surface area contributed by atoms with Crippen LogP contribution in [0.15, 0.2) is 18.6 Å². The number of aromatic nitrogens is 5. The van der Waals surface area contributed by atoms with E-state index >= 15 is 0 Å². The summed E-state index contributed by atoms with van der Waals surface area (Å²) in [6.07, 6.45) is 5.79. The van der Waals surface area contributed by atoms with Crippen LogP contribution in [0.4, 0.5) is 5.95 Å². The molecule has 2 rings (SSSR count). The Kier molecular flexibility index (Phi) is 4.54. The molecule has 0 saturated carbocycles. The SMILES string of the molecule is CCCNc1nc(OCC)nc(-c2cnccn2)n1. The maximum Gasteiger partial charge on any atom is 0.321 e. The number of hydrogen-bond donors (Lipinski definition) is 1. The number of anilines is 1. The Morgan fingerprint density at radius 3 is 2.74 bits per heavy atom. The highest BCUT2D eigenvalue weighted by molar-refractivity contribution is 5.49. The van der Waals surface area contributed by atoms with Gasteiger partial charge in [-0.1, -0.05) is 6.92 Å². The number of nitrogens with zero attached hydrogens (tertiary/aromatic N) is 5. The second kappa shape index (κ2) is 6.58. The molecule has 100 valence electrons. The van der Waals surface area contributed by atoms with Crippen molar-refractivity contribution in [2.24, 2.45) is 0 Å². The maximum absolute atomic E-state index is 5.34. The van der Waals surface area contributed by atoms with Crippen LogP contribution in [0.1, 0.15) is 20.3 Å². The molecule has 0 aliphatic heterocycles. The second-order valence-electron chi connectivity index (χ2n) is 3.72. The third-order valence-electron chi connectivity index (χ3n) is 2.21. The first-order chi connectivity index (χ1) is 9.33. The Morgan fingerprint density at radius 2 is 2.05 bits per heavy atom. The summed E-state index contributed by atoms with van der Waals surface area (Å²) in [4.78, 5) is 20.9. The van der Waals surface area contributed by atoms with E-state index in [1.807, 2.05) is 6.92 Å². The molecule has 1 N–H and O–H groups in total. The normalized spacial score (nSPS) is 10.2. The average molecular weight is 260 g/mol. The molecule has 7 nitrogen and oxygen atoms in total. The van der Waals surface area contributed by atoms with Crippen molar-refractivity contribution < 1.29 is 4.74 Å². The van der Waals surface area contributed by atoms with Gasteiger partial charge in [-0.15, -0.1) is 0 Å². The van der Waals surface area contributed by atoms with Gasteiger partial charge in [0.15, 0.2) is 5.82 Å². The van der Waals surface area contributed by atoms with E-state index in [4.69, 9.17) is 4.74 Å². The molecule has 2 heterocycles. The van der Waals surface area contributed by atoms with Crippen LogP contribution in [0.3, 0.4) is 0 Å². The highest BCUT2D eigenvalue weighted by atomic mass is 16.5. The molecule has 2 aromatic heterocycles. The molecule has 0 fully saturated rings. The van der Waals surface area contributed by atoms with Gasteiger partial charge in [-0.25, -0.2) is 4.98 Å². The average Bonchev–Trinajstić information content (AvgIpc) is 2.46. The molecule has 0 atom stereocenters. The summed E-state index contributed by atoms with van der Waals surface area (Å²) in [5, 5.41) is 3.11. The molecule has 0 amide bonds. The Bertz CT molecular complexity index is 519. The topological polar surface area (TPSA) is 85.7 Å². The van der Waals surface area contributed by atoms with Gasteiger partial charge in [0.25, 0.3) is 0 Å². The van der Waals surface area contributed by atoms with Crippen LogP contribution in [0, 0.1) is 0 Å². The largest absolute Gasteiger partial charge is 0.464 e. The van der Waals surface area contributed by atoms with Crippen molar-refractivity contribution in [3.8, 4) is 17.5 Å². The van der Waals surface area contributed by atoms with E-state index in [2.05, 4.69) is 37.2 Å². The molecule has 0 aliphatic rings. The highest BCUT2D eigenvalue weighted by Crippen LogP contribution is 2.15. The summed E-state index contributed by atoms with van der Waals surface area (Å²) in [6.45, 7) is 5.23. The standard InChI is InChI=1S/C12H16N6O/c1-3-5-15-11-16-10(9-8-13-6-7-14-9)17-12(18-11)19-4-2/h6-8H,3-5H2,1-2H3,(H,15,16,17,18). The number of hydrogen-bond acceptors (Lipinski definition) is 7. The third-order valence-corrected chi connectivity index (χ3v) is 2.21. The Balaban J connectivity index is 2.33. The zero-order chi connectivity index (χ0) is 13.5. The molecule has 0 radical (unpaired) electrons. The van der Waals surface area contributed by atoms with E-state index in [-0.39, 0.29) is 6.01 Å². The van der Waals surface area contributed by atoms with Gasteiger partial charge < -0.3 is 10.1 Å². The molecule has 0 bridgehead atoms. The van der Waals surface area contributed by atoms with Crippen molar-refractivity contribution in [1.82, 2.24) is 24.9 Å². The van der Waals surface area contributed by atoms with E-state index in [0.29, 0.717) is 24.1 Å². The lowest BCUT2D eigenvalue weighted by Crippen LogP contribution is -2.09. The van der Waals surface area contributed by atoms with Gasteiger partial charge in [-0.05, 0) is 13.3 Å². The van der Waals surface area contributed by atoms with Gasteiger partial charge in [-0.2, -0.15) is 15.0 Å². The van der Waals surface area contributed by atoms with Gasteiger partial charge >= 0.3 is 6.01 Å². The first-order valence-electron chi connectivity index (χ1n) is 6.22. The first-order valence-corrected chi connectivity index (χ1v) is 6.22. The Labute approximate surface area is 111 Å². The molecular formula is C12H16N6O.